The summed E-state index contributed by atoms with van der Waals surface area (Å²) < 4.78 is 5.21. The van der Waals surface area contributed by atoms with Crippen LogP contribution in [0.1, 0.15) is 57.8 Å². The molecule has 0 amide bonds. The third-order valence-corrected chi connectivity index (χ3v) is 2.72. The van der Waals surface area contributed by atoms with Gasteiger partial charge in [0.1, 0.15) is 6.61 Å². The Labute approximate surface area is 113 Å². The quantitative estimate of drug-likeness (QED) is 0.370. The van der Waals surface area contributed by atoms with E-state index in [9.17, 15) is 0 Å². The second-order valence-corrected chi connectivity index (χ2v) is 4.29. The van der Waals surface area contributed by atoms with Crippen molar-refractivity contribution in [3.05, 3.63) is 0 Å². The van der Waals surface area contributed by atoms with Crippen LogP contribution in [0, 0.1) is 12.3 Å². The number of ether oxygens (including phenoxy) is 1. The molecule has 0 spiro atoms. The Morgan fingerprint density at radius 3 is 1.76 bits per heavy atom. The molecule has 0 aromatic rings. The van der Waals surface area contributed by atoms with Gasteiger partial charge in [-0.2, -0.15) is 0 Å². The Morgan fingerprint density at radius 1 is 0.824 bits per heavy atom. The van der Waals surface area contributed by atoms with Gasteiger partial charge in [0, 0.05) is 6.61 Å². The van der Waals surface area contributed by atoms with Crippen LogP contribution in [0.25, 0.3) is 0 Å². The van der Waals surface area contributed by atoms with Gasteiger partial charge in [-0.25, -0.2) is 0 Å². The van der Waals surface area contributed by atoms with E-state index in [4.69, 9.17) is 11.2 Å². The molecule has 0 unspecified atom stereocenters. The SMILES string of the molecule is C#CCOCCCCCCCCCCC[NH3+].[Cl-]. The Bertz CT molecular complexity index is 168. The van der Waals surface area contributed by atoms with Crippen LogP contribution in [0.3, 0.4) is 0 Å². The second-order valence-electron chi connectivity index (χ2n) is 4.29. The van der Waals surface area contributed by atoms with E-state index in [1.807, 2.05) is 0 Å². The zero-order valence-corrected chi connectivity index (χ0v) is 11.8. The van der Waals surface area contributed by atoms with Crippen molar-refractivity contribution in [3.8, 4) is 12.3 Å². The summed E-state index contributed by atoms with van der Waals surface area (Å²) in [5.41, 5.74) is 3.85. The van der Waals surface area contributed by atoms with E-state index < -0.39 is 0 Å². The molecule has 2 nitrogen and oxygen atoms in total. The lowest BCUT2D eigenvalue weighted by atomic mass is 10.1. The summed E-state index contributed by atoms with van der Waals surface area (Å²) in [6.45, 7) is 2.39. The van der Waals surface area contributed by atoms with Crippen LogP contribution in [0.15, 0.2) is 0 Å². The highest BCUT2D eigenvalue weighted by molar-refractivity contribution is 4.82. The first-order valence-corrected chi connectivity index (χ1v) is 6.72. The smallest absolute Gasteiger partial charge is 0.107 e. The maximum atomic E-state index is 5.21. The molecule has 0 bridgehead atoms. The van der Waals surface area contributed by atoms with Gasteiger partial charge in [-0.15, -0.1) is 6.42 Å². The Balaban J connectivity index is 0. The van der Waals surface area contributed by atoms with Gasteiger partial charge in [0.15, 0.2) is 0 Å². The molecule has 0 aromatic carbocycles. The van der Waals surface area contributed by atoms with Crippen molar-refractivity contribution in [2.24, 2.45) is 0 Å². The van der Waals surface area contributed by atoms with Crippen LogP contribution < -0.4 is 18.1 Å². The van der Waals surface area contributed by atoms with Crippen LogP contribution in [0.5, 0.6) is 0 Å². The van der Waals surface area contributed by atoms with E-state index in [1.54, 1.807) is 0 Å². The number of hydrogen-bond acceptors (Lipinski definition) is 1. The topological polar surface area (TPSA) is 36.9 Å². The minimum absolute atomic E-state index is 0. The maximum Gasteiger partial charge on any atom is 0.107 e. The number of terminal acetylenes is 1. The van der Waals surface area contributed by atoms with Crippen LogP contribution in [0.2, 0.25) is 0 Å². The highest BCUT2D eigenvalue weighted by Gasteiger charge is 1.92. The first kappa shape index (κ1) is 19.1. The normalized spacial score (nSPS) is 9.65. The van der Waals surface area contributed by atoms with Crippen molar-refractivity contribution in [2.45, 2.75) is 57.8 Å². The molecule has 0 radical (unpaired) electrons. The van der Waals surface area contributed by atoms with Gasteiger partial charge in [0.25, 0.3) is 0 Å². The molecular formula is C14H28ClNO. The molecule has 0 aromatic heterocycles. The van der Waals surface area contributed by atoms with E-state index in [-0.39, 0.29) is 12.4 Å². The molecule has 17 heavy (non-hydrogen) atoms. The monoisotopic (exact) mass is 261 g/mol. The van der Waals surface area contributed by atoms with Gasteiger partial charge < -0.3 is 22.9 Å². The summed E-state index contributed by atoms with van der Waals surface area (Å²) in [4.78, 5) is 0. The van der Waals surface area contributed by atoms with Gasteiger partial charge in [0.05, 0.1) is 6.54 Å². The van der Waals surface area contributed by atoms with Gasteiger partial charge in [-0.3, -0.25) is 0 Å². The number of rotatable bonds is 12. The van der Waals surface area contributed by atoms with Crippen molar-refractivity contribution >= 4 is 0 Å². The highest BCUT2D eigenvalue weighted by atomic mass is 35.5. The number of quaternary nitrogens is 1. The lowest BCUT2D eigenvalue weighted by molar-refractivity contribution is -0.368. The summed E-state index contributed by atoms with van der Waals surface area (Å²) in [5, 5.41) is 0. The van der Waals surface area contributed by atoms with Gasteiger partial charge in [-0.05, 0) is 19.3 Å². The fourth-order valence-corrected chi connectivity index (χ4v) is 1.75. The third kappa shape index (κ3) is 18.3. The minimum atomic E-state index is 0. The Kier molecular flexibility index (Phi) is 20.4. The van der Waals surface area contributed by atoms with Crippen LogP contribution in [0.4, 0.5) is 0 Å². The largest absolute Gasteiger partial charge is 1.00 e. The fraction of sp³-hybridized carbons (Fsp3) is 0.857. The zero-order chi connectivity index (χ0) is 11.9. The van der Waals surface area contributed by atoms with Crippen LogP contribution in [-0.4, -0.2) is 19.8 Å². The summed E-state index contributed by atoms with van der Waals surface area (Å²) >= 11 is 0. The first-order valence-electron chi connectivity index (χ1n) is 6.72. The third-order valence-electron chi connectivity index (χ3n) is 2.72. The van der Waals surface area contributed by atoms with Crippen molar-refractivity contribution in [1.29, 1.82) is 0 Å². The summed E-state index contributed by atoms with van der Waals surface area (Å²) in [6, 6.07) is 0. The Morgan fingerprint density at radius 2 is 1.29 bits per heavy atom. The predicted octanol–water partition coefficient (Wildman–Crippen LogP) is -0.607. The summed E-state index contributed by atoms with van der Waals surface area (Å²) in [7, 11) is 0. The summed E-state index contributed by atoms with van der Waals surface area (Å²) in [6.07, 6.45) is 17.1. The average molecular weight is 262 g/mol. The van der Waals surface area contributed by atoms with Crippen molar-refractivity contribution in [3.63, 3.8) is 0 Å². The number of halogens is 1. The van der Waals surface area contributed by atoms with E-state index in [1.165, 1.54) is 51.4 Å². The van der Waals surface area contributed by atoms with Gasteiger partial charge in [0.2, 0.25) is 0 Å². The first-order chi connectivity index (χ1) is 7.91. The molecule has 0 rings (SSSR count). The van der Waals surface area contributed by atoms with Crippen molar-refractivity contribution < 1.29 is 22.9 Å². The van der Waals surface area contributed by atoms with E-state index in [2.05, 4.69) is 11.7 Å². The fourth-order valence-electron chi connectivity index (χ4n) is 1.75. The lowest BCUT2D eigenvalue weighted by Gasteiger charge is -2.02. The standard InChI is InChI=1S/C14H27NO.ClH/c1-2-13-16-14-11-9-7-5-3-4-6-8-10-12-15;/h1H,3-15H2;1H. The van der Waals surface area contributed by atoms with E-state index >= 15 is 0 Å². The van der Waals surface area contributed by atoms with Crippen molar-refractivity contribution in [2.75, 3.05) is 19.8 Å². The molecular weight excluding hydrogens is 234 g/mol. The molecule has 0 heterocycles. The Hall–Kier alpha value is -0.230. The van der Waals surface area contributed by atoms with Crippen molar-refractivity contribution in [1.82, 2.24) is 0 Å². The molecule has 0 saturated carbocycles. The molecule has 3 N–H and O–H groups in total. The number of unbranched alkanes of at least 4 members (excludes halogenated alkanes) is 8. The molecule has 0 aliphatic heterocycles. The average Bonchev–Trinajstić information content (AvgIpc) is 2.31. The molecule has 0 atom stereocenters. The number of hydrogen-bond donors (Lipinski definition) is 1. The second kappa shape index (κ2) is 18.1. The van der Waals surface area contributed by atoms with Crippen LogP contribution in [-0.2, 0) is 4.74 Å². The van der Waals surface area contributed by atoms with E-state index in [0.29, 0.717) is 6.61 Å². The zero-order valence-electron chi connectivity index (χ0n) is 11.1. The maximum absolute atomic E-state index is 5.21. The minimum Gasteiger partial charge on any atom is -1.00 e. The highest BCUT2D eigenvalue weighted by Crippen LogP contribution is 2.09. The molecule has 0 aliphatic rings. The molecule has 102 valence electrons. The molecule has 0 saturated heterocycles. The van der Waals surface area contributed by atoms with Gasteiger partial charge in [-0.1, -0.05) is 44.4 Å². The van der Waals surface area contributed by atoms with Gasteiger partial charge >= 0.3 is 0 Å². The lowest BCUT2D eigenvalue weighted by Crippen LogP contribution is -3.00. The predicted molar refractivity (Wildman–Crippen MR) is 69.0 cm³/mol. The summed E-state index contributed by atoms with van der Waals surface area (Å²) in [5.74, 6) is 2.48. The van der Waals surface area contributed by atoms with Crippen LogP contribution >= 0.6 is 0 Å². The molecule has 0 fully saturated rings. The molecule has 3 heteroatoms. The van der Waals surface area contributed by atoms with E-state index in [0.717, 1.165) is 19.6 Å². The molecule has 0 aliphatic carbocycles.